The van der Waals surface area contributed by atoms with Crippen LogP contribution in [0.5, 0.6) is 5.75 Å². The van der Waals surface area contributed by atoms with Gasteiger partial charge in [0.1, 0.15) is 5.75 Å². The van der Waals surface area contributed by atoms with Crippen molar-refractivity contribution in [1.29, 1.82) is 0 Å². The molecule has 2 atom stereocenters. The van der Waals surface area contributed by atoms with Gasteiger partial charge < -0.3 is 15.4 Å². The minimum absolute atomic E-state index is 0.198. The molecule has 2 aromatic rings. The zero-order valence-corrected chi connectivity index (χ0v) is 15.8. The number of nitrogens with one attached hydrogen (secondary N) is 2. The molecule has 3 rings (SSSR count). The van der Waals surface area contributed by atoms with E-state index < -0.39 is 0 Å². The van der Waals surface area contributed by atoms with Crippen molar-refractivity contribution >= 4 is 46.4 Å². The highest BCUT2D eigenvalue weighted by Gasteiger charge is 2.48. The van der Waals surface area contributed by atoms with Crippen molar-refractivity contribution < 1.29 is 14.3 Å². The number of halogens is 2. The van der Waals surface area contributed by atoms with Gasteiger partial charge in [-0.3, -0.25) is 9.59 Å². The van der Waals surface area contributed by atoms with Gasteiger partial charge >= 0.3 is 0 Å². The van der Waals surface area contributed by atoms with Gasteiger partial charge in [0.25, 0.3) is 0 Å². The Morgan fingerprint density at radius 2 is 1.65 bits per heavy atom. The van der Waals surface area contributed by atoms with E-state index in [0.29, 0.717) is 33.6 Å². The zero-order chi connectivity index (χ0) is 18.8. The molecule has 0 spiro atoms. The van der Waals surface area contributed by atoms with Crippen LogP contribution in [0.3, 0.4) is 0 Å². The lowest BCUT2D eigenvalue weighted by Gasteiger charge is -2.11. The minimum Gasteiger partial charge on any atom is -0.495 e. The highest BCUT2D eigenvalue weighted by molar-refractivity contribution is 6.36. The summed E-state index contributed by atoms with van der Waals surface area (Å²) in [5.41, 5.74) is 2.08. The van der Waals surface area contributed by atoms with Crippen molar-refractivity contribution in [3.63, 3.8) is 0 Å². The van der Waals surface area contributed by atoms with E-state index in [1.807, 2.05) is 19.1 Å². The van der Waals surface area contributed by atoms with Crippen LogP contribution >= 0.6 is 23.2 Å². The Morgan fingerprint density at radius 1 is 1.00 bits per heavy atom. The molecule has 2 aromatic carbocycles. The first-order chi connectivity index (χ1) is 12.4. The van der Waals surface area contributed by atoms with Gasteiger partial charge in [-0.05, 0) is 49.2 Å². The molecular formula is C19H18Cl2N2O3. The number of hydrogen-bond donors (Lipinski definition) is 2. The summed E-state index contributed by atoms with van der Waals surface area (Å²) in [7, 11) is 1.55. The van der Waals surface area contributed by atoms with E-state index in [-0.39, 0.29) is 23.7 Å². The van der Waals surface area contributed by atoms with Crippen molar-refractivity contribution in [2.24, 2.45) is 11.8 Å². The smallest absolute Gasteiger partial charge is 0.228 e. The van der Waals surface area contributed by atoms with Crippen LogP contribution in [-0.2, 0) is 9.59 Å². The Balaban J connectivity index is 1.62. The number of ether oxygens (including phenoxy) is 1. The average Bonchev–Trinajstić information content (AvgIpc) is 3.38. The first kappa shape index (κ1) is 18.5. The normalized spacial score (nSPS) is 18.2. The number of carbonyl (C=O) groups is 2. The molecule has 2 N–H and O–H groups in total. The average molecular weight is 393 g/mol. The number of amides is 2. The topological polar surface area (TPSA) is 67.4 Å². The van der Waals surface area contributed by atoms with E-state index in [2.05, 4.69) is 10.6 Å². The molecular weight excluding hydrogens is 375 g/mol. The highest BCUT2D eigenvalue weighted by atomic mass is 35.5. The van der Waals surface area contributed by atoms with Gasteiger partial charge in [0.2, 0.25) is 11.8 Å². The van der Waals surface area contributed by atoms with Gasteiger partial charge in [-0.25, -0.2) is 0 Å². The summed E-state index contributed by atoms with van der Waals surface area (Å²) in [6, 6.07) is 10.4. The summed E-state index contributed by atoms with van der Waals surface area (Å²) >= 11 is 11.9. The first-order valence-electron chi connectivity index (χ1n) is 8.10. The van der Waals surface area contributed by atoms with Crippen LogP contribution in [0.4, 0.5) is 11.4 Å². The predicted molar refractivity (Wildman–Crippen MR) is 103 cm³/mol. The summed E-state index contributed by atoms with van der Waals surface area (Å²) < 4.78 is 5.26. The fraction of sp³-hybridized carbons (Fsp3) is 0.263. The fourth-order valence-electron chi connectivity index (χ4n) is 2.74. The van der Waals surface area contributed by atoms with Gasteiger partial charge in [-0.15, -0.1) is 0 Å². The summed E-state index contributed by atoms with van der Waals surface area (Å²) in [4.78, 5) is 24.8. The summed E-state index contributed by atoms with van der Waals surface area (Å²) in [6.07, 6.45) is 0.497. The lowest BCUT2D eigenvalue weighted by molar-refractivity contribution is -0.122. The second-order valence-corrected chi connectivity index (χ2v) is 7.10. The van der Waals surface area contributed by atoms with Gasteiger partial charge in [-0.1, -0.05) is 29.3 Å². The second kappa shape index (κ2) is 7.56. The van der Waals surface area contributed by atoms with E-state index in [0.717, 1.165) is 5.56 Å². The Hall–Kier alpha value is -2.24. The maximum atomic E-state index is 12.4. The molecule has 5 nitrogen and oxygen atoms in total. The van der Waals surface area contributed by atoms with Gasteiger partial charge in [0.05, 0.1) is 35.3 Å². The number of benzene rings is 2. The van der Waals surface area contributed by atoms with Crippen molar-refractivity contribution in [1.82, 2.24) is 0 Å². The Labute approximate surface area is 161 Å². The van der Waals surface area contributed by atoms with Crippen molar-refractivity contribution in [3.8, 4) is 5.75 Å². The number of carbonyl (C=O) groups excluding carboxylic acids is 2. The maximum Gasteiger partial charge on any atom is 0.228 e. The molecule has 0 radical (unpaired) electrons. The number of aryl methyl sites for hydroxylation is 1. The van der Waals surface area contributed by atoms with E-state index in [1.54, 1.807) is 31.4 Å². The van der Waals surface area contributed by atoms with Gasteiger partial charge in [-0.2, -0.15) is 0 Å². The van der Waals surface area contributed by atoms with Crippen LogP contribution in [0.15, 0.2) is 36.4 Å². The van der Waals surface area contributed by atoms with Crippen LogP contribution in [0.2, 0.25) is 10.0 Å². The van der Waals surface area contributed by atoms with Crippen molar-refractivity contribution in [2.45, 2.75) is 13.3 Å². The van der Waals surface area contributed by atoms with E-state index in [1.165, 1.54) is 0 Å². The highest BCUT2D eigenvalue weighted by Crippen LogP contribution is 2.41. The van der Waals surface area contributed by atoms with Gasteiger partial charge in [0.15, 0.2) is 0 Å². The van der Waals surface area contributed by atoms with E-state index in [9.17, 15) is 9.59 Å². The Morgan fingerprint density at radius 3 is 2.27 bits per heavy atom. The molecule has 26 heavy (non-hydrogen) atoms. The lowest BCUT2D eigenvalue weighted by atomic mass is 10.2. The molecule has 0 bridgehead atoms. The third kappa shape index (κ3) is 4.11. The Bertz CT molecular complexity index is 870. The second-order valence-electron chi connectivity index (χ2n) is 6.26. The third-order valence-corrected chi connectivity index (χ3v) is 4.81. The molecule has 0 aromatic heterocycles. The first-order valence-corrected chi connectivity index (χ1v) is 8.86. The molecule has 2 amide bonds. The van der Waals surface area contributed by atoms with Crippen molar-refractivity contribution in [2.75, 3.05) is 17.7 Å². The molecule has 0 saturated heterocycles. The summed E-state index contributed by atoms with van der Waals surface area (Å²) in [5, 5.41) is 6.44. The number of methoxy groups -OCH3 is 1. The number of rotatable bonds is 5. The fourth-order valence-corrected chi connectivity index (χ4v) is 3.19. The quantitative estimate of drug-likeness (QED) is 0.785. The monoisotopic (exact) mass is 392 g/mol. The molecule has 2 unspecified atom stereocenters. The molecule has 0 aliphatic heterocycles. The zero-order valence-electron chi connectivity index (χ0n) is 14.3. The predicted octanol–water partition coefficient (Wildman–Crippen LogP) is 4.52. The maximum absolute atomic E-state index is 12.4. The minimum atomic E-state index is -0.377. The molecule has 7 heteroatoms. The molecule has 136 valence electrons. The molecule has 1 aliphatic carbocycles. The molecule has 1 saturated carbocycles. The van der Waals surface area contributed by atoms with Crippen LogP contribution < -0.4 is 15.4 Å². The number of anilines is 2. The SMILES string of the molecule is COc1ccc(C)cc1NC(=O)C1CC1C(=O)Nc1ccc(Cl)cc1Cl. The standard InChI is InChI=1S/C19H18Cl2N2O3/c1-10-3-6-17(26-2)16(7-10)23-19(25)13-9-12(13)18(24)22-15-5-4-11(20)8-14(15)21/h3-8,12-13H,9H2,1-2H3,(H,22,24)(H,23,25). The van der Waals surface area contributed by atoms with E-state index in [4.69, 9.17) is 27.9 Å². The molecule has 1 aliphatic rings. The molecule has 1 fully saturated rings. The van der Waals surface area contributed by atoms with Crippen LogP contribution in [0, 0.1) is 18.8 Å². The van der Waals surface area contributed by atoms with Gasteiger partial charge in [0, 0.05) is 5.02 Å². The number of hydrogen-bond acceptors (Lipinski definition) is 3. The van der Waals surface area contributed by atoms with Crippen LogP contribution in [0.1, 0.15) is 12.0 Å². The summed E-state index contributed by atoms with van der Waals surface area (Å²) in [5.74, 6) is -0.593. The Kier molecular flexibility index (Phi) is 5.39. The van der Waals surface area contributed by atoms with Crippen LogP contribution in [0.25, 0.3) is 0 Å². The molecule has 0 heterocycles. The van der Waals surface area contributed by atoms with Crippen LogP contribution in [-0.4, -0.2) is 18.9 Å². The summed E-state index contributed by atoms with van der Waals surface area (Å²) in [6.45, 7) is 1.93. The van der Waals surface area contributed by atoms with Crippen molar-refractivity contribution in [3.05, 3.63) is 52.0 Å². The largest absolute Gasteiger partial charge is 0.495 e. The third-order valence-electron chi connectivity index (χ3n) is 4.27. The lowest BCUT2D eigenvalue weighted by Crippen LogP contribution is -2.21. The van der Waals surface area contributed by atoms with E-state index >= 15 is 0 Å².